The number of hydrogen-bond acceptors (Lipinski definition) is 6. The number of nitrogens with one attached hydrogen (secondary N) is 4. The molecular formula is C21H19ClN6O2. The fraction of sp³-hybridized carbons (Fsp3) is 0.190. The molecule has 0 unspecified atom stereocenters. The molecule has 5 rings (SSSR count). The van der Waals surface area contributed by atoms with Crippen LogP contribution in [-0.2, 0) is 6.42 Å². The summed E-state index contributed by atoms with van der Waals surface area (Å²) in [6.45, 7) is 1.79. The number of nitrogens with zero attached hydrogens (tertiary/aromatic N) is 2. The molecule has 1 aliphatic heterocycles. The third kappa shape index (κ3) is 3.46. The Balaban J connectivity index is 1.45. The molecule has 9 heteroatoms. The van der Waals surface area contributed by atoms with Gasteiger partial charge in [0.2, 0.25) is 5.75 Å². The Kier molecular flexibility index (Phi) is 4.76. The van der Waals surface area contributed by atoms with Gasteiger partial charge in [-0.1, -0.05) is 29.8 Å². The van der Waals surface area contributed by atoms with Gasteiger partial charge in [-0.2, -0.15) is 0 Å². The number of aromatic amines is 2. The molecule has 0 fully saturated rings. The predicted molar refractivity (Wildman–Crippen MR) is 118 cm³/mol. The lowest BCUT2D eigenvalue weighted by Crippen LogP contribution is -2.22. The summed E-state index contributed by atoms with van der Waals surface area (Å²) >= 11 is 6.05. The van der Waals surface area contributed by atoms with Crippen molar-refractivity contribution in [1.82, 2.24) is 19.9 Å². The fourth-order valence-corrected chi connectivity index (χ4v) is 3.71. The van der Waals surface area contributed by atoms with Gasteiger partial charge in [-0.05, 0) is 24.1 Å². The minimum atomic E-state index is -0.305. The van der Waals surface area contributed by atoms with Gasteiger partial charge in [0, 0.05) is 29.8 Å². The number of pyridine rings is 1. The molecular weight excluding hydrogens is 404 g/mol. The zero-order valence-electron chi connectivity index (χ0n) is 16.0. The zero-order chi connectivity index (χ0) is 20.5. The number of hydrogen-bond donors (Lipinski definition) is 4. The number of H-pyrrole nitrogens is 2. The number of para-hydroxylation sites is 1. The van der Waals surface area contributed by atoms with Crippen LogP contribution in [0.4, 0.5) is 11.6 Å². The molecule has 4 N–H and O–H groups in total. The number of ether oxygens (including phenoxy) is 1. The molecule has 152 valence electrons. The first kappa shape index (κ1) is 18.5. The number of fused-ring (bicyclic) bond motifs is 2. The summed E-state index contributed by atoms with van der Waals surface area (Å²) in [6.07, 6.45) is 4.26. The minimum Gasteiger partial charge on any atom is -0.485 e. The van der Waals surface area contributed by atoms with E-state index in [0.29, 0.717) is 47.7 Å². The highest BCUT2D eigenvalue weighted by Crippen LogP contribution is 2.34. The Morgan fingerprint density at radius 2 is 2.07 bits per heavy atom. The van der Waals surface area contributed by atoms with E-state index in [1.807, 2.05) is 18.3 Å². The van der Waals surface area contributed by atoms with E-state index in [0.717, 1.165) is 11.9 Å². The second kappa shape index (κ2) is 7.72. The molecule has 0 saturated heterocycles. The van der Waals surface area contributed by atoms with Crippen molar-refractivity contribution < 1.29 is 4.74 Å². The molecule has 30 heavy (non-hydrogen) atoms. The van der Waals surface area contributed by atoms with E-state index >= 15 is 0 Å². The number of rotatable bonds is 5. The van der Waals surface area contributed by atoms with Gasteiger partial charge in [0.1, 0.15) is 6.61 Å². The molecule has 0 amide bonds. The standard InChI is InChI=1S/C21H19ClN6O2/c22-13-9-15(21(29)26-11-13)18-27-19(17-20(28-18)24-7-8-30-17)23-6-5-12-10-25-16-4-2-1-3-14(12)16/h1-4,9-11,25H,5-8H2,(H,26,29)(H2,23,24,27,28). The van der Waals surface area contributed by atoms with Gasteiger partial charge in [-0.15, -0.1) is 0 Å². The maximum Gasteiger partial charge on any atom is 0.259 e. The average molecular weight is 423 g/mol. The minimum absolute atomic E-state index is 0.282. The van der Waals surface area contributed by atoms with Crippen LogP contribution in [0.2, 0.25) is 5.02 Å². The highest BCUT2D eigenvalue weighted by molar-refractivity contribution is 6.30. The molecule has 1 aromatic carbocycles. The van der Waals surface area contributed by atoms with Crippen LogP contribution in [0, 0.1) is 0 Å². The smallest absolute Gasteiger partial charge is 0.259 e. The van der Waals surface area contributed by atoms with Crippen LogP contribution in [0.15, 0.2) is 47.5 Å². The first-order chi connectivity index (χ1) is 14.7. The summed E-state index contributed by atoms with van der Waals surface area (Å²) in [5.41, 5.74) is 2.33. The van der Waals surface area contributed by atoms with Crippen molar-refractivity contribution in [3.05, 3.63) is 63.7 Å². The van der Waals surface area contributed by atoms with Crippen molar-refractivity contribution in [2.45, 2.75) is 6.42 Å². The third-order valence-electron chi connectivity index (χ3n) is 4.98. The second-order valence-electron chi connectivity index (χ2n) is 6.95. The quantitative estimate of drug-likeness (QED) is 0.392. The average Bonchev–Trinajstić information content (AvgIpc) is 3.18. The molecule has 1 aliphatic rings. The first-order valence-electron chi connectivity index (χ1n) is 9.65. The van der Waals surface area contributed by atoms with Crippen molar-refractivity contribution in [3.8, 4) is 17.1 Å². The lowest BCUT2D eigenvalue weighted by Gasteiger charge is -2.21. The monoisotopic (exact) mass is 422 g/mol. The van der Waals surface area contributed by atoms with Crippen LogP contribution >= 0.6 is 11.6 Å². The number of benzene rings is 1. The molecule has 0 aliphatic carbocycles. The van der Waals surface area contributed by atoms with E-state index in [9.17, 15) is 4.79 Å². The Labute approximate surface area is 176 Å². The van der Waals surface area contributed by atoms with Gasteiger partial charge < -0.3 is 25.3 Å². The van der Waals surface area contributed by atoms with Crippen LogP contribution in [0.1, 0.15) is 5.56 Å². The summed E-state index contributed by atoms with van der Waals surface area (Å²) < 4.78 is 5.79. The molecule has 0 atom stereocenters. The van der Waals surface area contributed by atoms with E-state index in [1.54, 1.807) is 6.07 Å². The van der Waals surface area contributed by atoms with Crippen molar-refractivity contribution in [2.24, 2.45) is 0 Å². The Hall–Kier alpha value is -3.52. The van der Waals surface area contributed by atoms with Crippen LogP contribution in [-0.4, -0.2) is 39.6 Å². The van der Waals surface area contributed by atoms with Crippen LogP contribution in [0.3, 0.4) is 0 Å². The second-order valence-corrected chi connectivity index (χ2v) is 7.38. The van der Waals surface area contributed by atoms with Crippen molar-refractivity contribution in [1.29, 1.82) is 0 Å². The van der Waals surface area contributed by atoms with E-state index in [-0.39, 0.29) is 11.4 Å². The van der Waals surface area contributed by atoms with Gasteiger partial charge in [0.05, 0.1) is 17.1 Å². The van der Waals surface area contributed by atoms with Crippen molar-refractivity contribution >= 4 is 34.1 Å². The summed E-state index contributed by atoms with van der Waals surface area (Å²) in [6, 6.07) is 9.76. The molecule has 4 heterocycles. The van der Waals surface area contributed by atoms with E-state index < -0.39 is 0 Å². The van der Waals surface area contributed by atoms with Crippen LogP contribution < -0.4 is 20.9 Å². The lowest BCUT2D eigenvalue weighted by molar-refractivity contribution is 0.321. The van der Waals surface area contributed by atoms with Crippen molar-refractivity contribution in [3.63, 3.8) is 0 Å². The Bertz CT molecular complexity index is 1280. The number of aromatic nitrogens is 4. The Morgan fingerprint density at radius 3 is 3.00 bits per heavy atom. The lowest BCUT2D eigenvalue weighted by atomic mass is 10.1. The highest BCUT2D eigenvalue weighted by atomic mass is 35.5. The van der Waals surface area contributed by atoms with E-state index in [4.69, 9.17) is 16.3 Å². The number of anilines is 2. The van der Waals surface area contributed by atoms with Gasteiger partial charge >= 0.3 is 0 Å². The molecule has 0 spiro atoms. The van der Waals surface area contributed by atoms with E-state index in [1.165, 1.54) is 17.1 Å². The SMILES string of the molecule is O=c1[nH]cc(Cl)cc1-c1nc2c(c(NCCc3c[nH]c4ccccc34)n1)OCCN2. The summed E-state index contributed by atoms with van der Waals surface area (Å²) in [7, 11) is 0. The van der Waals surface area contributed by atoms with Crippen LogP contribution in [0.5, 0.6) is 5.75 Å². The Morgan fingerprint density at radius 1 is 1.17 bits per heavy atom. The van der Waals surface area contributed by atoms with Crippen LogP contribution in [0.25, 0.3) is 22.3 Å². The molecule has 4 aromatic rings. The van der Waals surface area contributed by atoms with Gasteiger partial charge in [-0.3, -0.25) is 4.79 Å². The first-order valence-corrected chi connectivity index (χ1v) is 10.0. The summed E-state index contributed by atoms with van der Waals surface area (Å²) in [4.78, 5) is 27.2. The van der Waals surface area contributed by atoms with Gasteiger partial charge in [0.25, 0.3) is 5.56 Å². The fourth-order valence-electron chi connectivity index (χ4n) is 3.55. The molecule has 8 nitrogen and oxygen atoms in total. The van der Waals surface area contributed by atoms with Gasteiger partial charge in [0.15, 0.2) is 17.5 Å². The highest BCUT2D eigenvalue weighted by Gasteiger charge is 2.21. The summed E-state index contributed by atoms with van der Waals surface area (Å²) in [5.74, 6) is 1.94. The maximum atomic E-state index is 12.3. The molecule has 0 radical (unpaired) electrons. The normalized spacial score (nSPS) is 12.8. The van der Waals surface area contributed by atoms with Gasteiger partial charge in [-0.25, -0.2) is 9.97 Å². The summed E-state index contributed by atoms with van der Waals surface area (Å²) in [5, 5.41) is 8.16. The van der Waals surface area contributed by atoms with Crippen molar-refractivity contribution in [2.75, 3.05) is 30.3 Å². The molecule has 0 saturated carbocycles. The topological polar surface area (TPSA) is 108 Å². The molecule has 0 bridgehead atoms. The largest absolute Gasteiger partial charge is 0.485 e. The maximum absolute atomic E-state index is 12.3. The predicted octanol–water partition coefficient (Wildman–Crippen LogP) is 3.43. The third-order valence-corrected chi connectivity index (χ3v) is 5.20. The van der Waals surface area contributed by atoms with E-state index in [2.05, 4.69) is 42.7 Å². The zero-order valence-corrected chi connectivity index (χ0v) is 16.7. The molecule has 3 aromatic heterocycles. The number of halogens is 1.